The Morgan fingerprint density at radius 3 is 2.38 bits per heavy atom. The highest BCUT2D eigenvalue weighted by Gasteiger charge is 2.28. The van der Waals surface area contributed by atoms with Crippen LogP contribution in [-0.2, 0) is 22.4 Å². The molecule has 5 nitrogen and oxygen atoms in total. The molecule has 34 heavy (non-hydrogen) atoms. The van der Waals surface area contributed by atoms with E-state index in [-0.39, 0.29) is 11.8 Å². The predicted molar refractivity (Wildman–Crippen MR) is 140 cm³/mol. The van der Waals surface area contributed by atoms with Crippen molar-refractivity contribution in [3.05, 3.63) is 70.8 Å². The molecule has 182 valence electrons. The molecule has 0 bridgehead atoms. The van der Waals surface area contributed by atoms with Gasteiger partial charge in [0, 0.05) is 19.5 Å². The molecule has 2 aromatic rings. The second-order valence-electron chi connectivity index (χ2n) is 9.50. The number of rotatable bonds is 13. The van der Waals surface area contributed by atoms with Crippen LogP contribution in [0.25, 0.3) is 0 Å². The molecule has 0 aliphatic rings. The van der Waals surface area contributed by atoms with Crippen molar-refractivity contribution in [1.29, 1.82) is 0 Å². The van der Waals surface area contributed by atoms with Crippen LogP contribution in [0.5, 0.6) is 0 Å². The Labute approximate surface area is 205 Å². The first-order chi connectivity index (χ1) is 16.2. The van der Waals surface area contributed by atoms with Gasteiger partial charge in [0.05, 0.1) is 6.54 Å². The van der Waals surface area contributed by atoms with Gasteiger partial charge in [-0.3, -0.25) is 14.5 Å². The van der Waals surface area contributed by atoms with Crippen LogP contribution in [-0.4, -0.2) is 48.9 Å². The summed E-state index contributed by atoms with van der Waals surface area (Å²) in [6, 6.07) is 17.2. The monoisotopic (exact) mass is 461 g/mol. The standard InChI is InChI=1S/C29H39N3O2/c1-6-20-32(5)21-19-30-28(34)29(3,4)31-27(33)14-10-8-12-24-15-17-25(18-16-24)22-26-13-9-7-11-23(26)2/h1,7,9,11,13,15-18H,8,10,12,14,19-22H2,2-5H3,(H,30,34)(H,31,33). The van der Waals surface area contributed by atoms with E-state index in [1.54, 1.807) is 13.8 Å². The zero-order valence-electron chi connectivity index (χ0n) is 21.1. The lowest BCUT2D eigenvalue weighted by Crippen LogP contribution is -2.55. The van der Waals surface area contributed by atoms with E-state index in [1.807, 2.05) is 11.9 Å². The number of benzene rings is 2. The molecule has 2 N–H and O–H groups in total. The number of unbranched alkanes of at least 4 members (excludes halogenated alkanes) is 1. The van der Waals surface area contributed by atoms with Crippen molar-refractivity contribution in [2.24, 2.45) is 0 Å². The van der Waals surface area contributed by atoms with Crippen LogP contribution >= 0.6 is 0 Å². The van der Waals surface area contributed by atoms with Crippen molar-refractivity contribution in [2.75, 3.05) is 26.7 Å². The maximum Gasteiger partial charge on any atom is 0.245 e. The SMILES string of the molecule is C#CCN(C)CCNC(=O)C(C)(C)NC(=O)CCCCc1ccc(Cc2ccccc2C)cc1. The minimum Gasteiger partial charge on any atom is -0.353 e. The van der Waals surface area contributed by atoms with E-state index in [2.05, 4.69) is 72.0 Å². The number of carbonyl (C=O) groups is 2. The van der Waals surface area contributed by atoms with Crippen molar-refractivity contribution in [3.63, 3.8) is 0 Å². The first-order valence-electron chi connectivity index (χ1n) is 12.0. The summed E-state index contributed by atoms with van der Waals surface area (Å²) in [4.78, 5) is 26.7. The van der Waals surface area contributed by atoms with Crippen LogP contribution in [0.1, 0.15) is 55.4 Å². The van der Waals surface area contributed by atoms with E-state index in [0.29, 0.717) is 26.1 Å². The summed E-state index contributed by atoms with van der Waals surface area (Å²) in [5.74, 6) is 2.27. The Hall–Kier alpha value is -3.10. The second kappa shape index (κ2) is 13.6. The molecule has 0 radical (unpaired) electrons. The van der Waals surface area contributed by atoms with Gasteiger partial charge >= 0.3 is 0 Å². The zero-order chi connectivity index (χ0) is 25.0. The summed E-state index contributed by atoms with van der Waals surface area (Å²) >= 11 is 0. The van der Waals surface area contributed by atoms with Gasteiger partial charge in [-0.1, -0.05) is 54.5 Å². The molecule has 0 saturated heterocycles. The molecule has 5 heteroatoms. The Balaban J connectivity index is 1.68. The van der Waals surface area contributed by atoms with Crippen molar-refractivity contribution in [2.45, 2.75) is 58.4 Å². The fraction of sp³-hybridized carbons (Fsp3) is 0.448. The third kappa shape index (κ3) is 9.41. The number of hydrogen-bond acceptors (Lipinski definition) is 3. The van der Waals surface area contributed by atoms with Crippen molar-refractivity contribution in [3.8, 4) is 12.3 Å². The molecule has 0 unspecified atom stereocenters. The molecular weight excluding hydrogens is 422 g/mol. The highest BCUT2D eigenvalue weighted by atomic mass is 16.2. The third-order valence-electron chi connectivity index (χ3n) is 5.96. The fourth-order valence-electron chi connectivity index (χ4n) is 3.75. The van der Waals surface area contributed by atoms with Gasteiger partial charge in [0.2, 0.25) is 11.8 Å². The van der Waals surface area contributed by atoms with Crippen LogP contribution < -0.4 is 10.6 Å². The minimum absolute atomic E-state index is 0.0989. The van der Waals surface area contributed by atoms with E-state index in [9.17, 15) is 9.59 Å². The molecule has 2 rings (SSSR count). The molecule has 0 aromatic heterocycles. The van der Waals surface area contributed by atoms with Crippen LogP contribution in [0.15, 0.2) is 48.5 Å². The highest BCUT2D eigenvalue weighted by Crippen LogP contribution is 2.15. The van der Waals surface area contributed by atoms with Crippen molar-refractivity contribution >= 4 is 11.8 Å². The Morgan fingerprint density at radius 2 is 1.71 bits per heavy atom. The first-order valence-corrected chi connectivity index (χ1v) is 12.0. The van der Waals surface area contributed by atoms with E-state index >= 15 is 0 Å². The third-order valence-corrected chi connectivity index (χ3v) is 5.96. The molecule has 2 aromatic carbocycles. The number of amides is 2. The Kier molecular flexibility index (Phi) is 10.8. The summed E-state index contributed by atoms with van der Waals surface area (Å²) in [5, 5.41) is 5.72. The maximum atomic E-state index is 12.4. The lowest BCUT2D eigenvalue weighted by molar-refractivity contribution is -0.132. The van der Waals surface area contributed by atoms with Gasteiger partial charge in [0.15, 0.2) is 0 Å². The summed E-state index contributed by atoms with van der Waals surface area (Å²) in [7, 11) is 1.90. The largest absolute Gasteiger partial charge is 0.353 e. The second-order valence-corrected chi connectivity index (χ2v) is 9.50. The van der Waals surface area contributed by atoms with Gasteiger partial charge in [-0.15, -0.1) is 6.42 Å². The van der Waals surface area contributed by atoms with E-state index in [4.69, 9.17) is 6.42 Å². The summed E-state index contributed by atoms with van der Waals surface area (Å²) in [6.07, 6.45) is 9.28. The quantitative estimate of drug-likeness (QED) is 0.352. The Bertz CT molecular complexity index is 974. The number of likely N-dealkylation sites (N-methyl/N-ethyl adjacent to an activating group) is 1. The maximum absolute atomic E-state index is 12.4. The summed E-state index contributed by atoms with van der Waals surface area (Å²) < 4.78 is 0. The fourth-order valence-corrected chi connectivity index (χ4v) is 3.75. The Morgan fingerprint density at radius 1 is 1.03 bits per heavy atom. The van der Waals surface area contributed by atoms with Crippen LogP contribution in [0, 0.1) is 19.3 Å². The van der Waals surface area contributed by atoms with Crippen LogP contribution in [0.3, 0.4) is 0 Å². The van der Waals surface area contributed by atoms with Crippen molar-refractivity contribution in [1.82, 2.24) is 15.5 Å². The van der Waals surface area contributed by atoms with Crippen molar-refractivity contribution < 1.29 is 9.59 Å². The van der Waals surface area contributed by atoms with Gasteiger partial charge in [0.1, 0.15) is 5.54 Å². The molecular formula is C29H39N3O2. The average Bonchev–Trinajstić information content (AvgIpc) is 2.79. The smallest absolute Gasteiger partial charge is 0.245 e. The average molecular weight is 462 g/mol. The number of carbonyl (C=O) groups excluding carboxylic acids is 2. The van der Waals surface area contributed by atoms with Gasteiger partial charge < -0.3 is 10.6 Å². The number of aryl methyl sites for hydroxylation is 2. The molecule has 0 fully saturated rings. The van der Waals surface area contributed by atoms with Gasteiger partial charge in [0.25, 0.3) is 0 Å². The number of nitrogens with one attached hydrogen (secondary N) is 2. The number of nitrogens with zero attached hydrogens (tertiary/aromatic N) is 1. The molecule has 0 saturated carbocycles. The molecule has 2 amide bonds. The topological polar surface area (TPSA) is 61.4 Å². The van der Waals surface area contributed by atoms with Gasteiger partial charge in [-0.25, -0.2) is 0 Å². The van der Waals surface area contributed by atoms with Gasteiger partial charge in [-0.05, 0) is 75.8 Å². The number of terminal acetylenes is 1. The lowest BCUT2D eigenvalue weighted by Gasteiger charge is -2.25. The zero-order valence-corrected chi connectivity index (χ0v) is 21.1. The molecule has 0 aliphatic carbocycles. The lowest BCUT2D eigenvalue weighted by atomic mass is 9.98. The predicted octanol–water partition coefficient (Wildman–Crippen LogP) is 3.87. The van der Waals surface area contributed by atoms with E-state index < -0.39 is 5.54 Å². The highest BCUT2D eigenvalue weighted by molar-refractivity contribution is 5.90. The van der Waals surface area contributed by atoms with Gasteiger partial charge in [-0.2, -0.15) is 0 Å². The van der Waals surface area contributed by atoms with Crippen LogP contribution in [0.4, 0.5) is 0 Å². The normalized spacial score (nSPS) is 11.2. The minimum atomic E-state index is -0.950. The molecule has 0 aliphatic heterocycles. The number of hydrogen-bond donors (Lipinski definition) is 2. The molecule has 0 spiro atoms. The van der Waals surface area contributed by atoms with E-state index in [0.717, 1.165) is 25.7 Å². The first kappa shape index (κ1) is 27.1. The van der Waals surface area contributed by atoms with Crippen LogP contribution in [0.2, 0.25) is 0 Å². The molecule has 0 heterocycles. The summed E-state index contributed by atoms with van der Waals surface area (Å²) in [5.41, 5.74) is 4.31. The van der Waals surface area contributed by atoms with E-state index in [1.165, 1.54) is 22.3 Å². The molecule has 0 atom stereocenters. The summed E-state index contributed by atoms with van der Waals surface area (Å²) in [6.45, 7) is 7.28.